The lowest BCUT2D eigenvalue weighted by Crippen LogP contribution is -2.62. The first-order chi connectivity index (χ1) is 32.7. The first-order valence-corrected chi connectivity index (χ1v) is 24.8. The maximum absolute atomic E-state index is 14.8. The number of methoxy groups -OCH3 is 1. The minimum Gasteiger partial charge on any atom is -0.464 e. The van der Waals surface area contributed by atoms with Crippen LogP contribution in [0.15, 0.2) is 60.8 Å². The monoisotopic (exact) mass is 946 g/mol. The predicted molar refractivity (Wildman–Crippen MR) is 263 cm³/mol. The lowest BCUT2D eigenvalue weighted by molar-refractivity contribution is -0.155. The van der Waals surface area contributed by atoms with Gasteiger partial charge in [-0.25, -0.2) is 10.2 Å². The number of hydrogen-bond acceptors (Lipinski definition) is 10. The highest BCUT2D eigenvalue weighted by atomic mass is 16.6. The summed E-state index contributed by atoms with van der Waals surface area (Å²) in [6, 6.07) is 16.0. The Hall–Kier alpha value is -5.80. The van der Waals surface area contributed by atoms with Crippen LogP contribution in [0.25, 0.3) is 33.3 Å². The summed E-state index contributed by atoms with van der Waals surface area (Å²) in [5.41, 5.74) is 9.02. The minimum absolute atomic E-state index is 0.136. The van der Waals surface area contributed by atoms with E-state index in [1.54, 1.807) is 23.1 Å². The fourth-order valence-corrected chi connectivity index (χ4v) is 10.9. The average molecular weight is 946 g/mol. The highest BCUT2D eigenvalue weighted by Gasteiger charge is 2.55. The number of esters is 1. The van der Waals surface area contributed by atoms with Gasteiger partial charge < -0.3 is 33.9 Å². The summed E-state index contributed by atoms with van der Waals surface area (Å²) in [5.74, 6) is -1.73. The number of aryl methyl sites for hydroxylation is 1. The Bertz CT molecular complexity index is 2620. The predicted octanol–water partition coefficient (Wildman–Crippen LogP) is 7.63. The molecule has 2 aromatic carbocycles. The topological polar surface area (TPSA) is 165 Å². The van der Waals surface area contributed by atoms with E-state index in [2.05, 4.69) is 72.5 Å². The number of likely N-dealkylation sites (tertiary alicyclic amines) is 2. The second kappa shape index (κ2) is 19.5. The van der Waals surface area contributed by atoms with Gasteiger partial charge in [0.25, 0.3) is 5.91 Å². The van der Waals surface area contributed by atoms with Crippen LogP contribution < -0.4 is 10.7 Å². The summed E-state index contributed by atoms with van der Waals surface area (Å²) < 4.78 is 20.0. The van der Waals surface area contributed by atoms with Crippen LogP contribution in [0.2, 0.25) is 0 Å². The van der Waals surface area contributed by atoms with Crippen molar-refractivity contribution in [2.75, 3.05) is 39.9 Å². The molecule has 370 valence electrons. The maximum atomic E-state index is 14.8. The van der Waals surface area contributed by atoms with Crippen LogP contribution in [0.5, 0.6) is 0 Å². The summed E-state index contributed by atoms with van der Waals surface area (Å²) in [4.78, 5) is 79.2. The van der Waals surface area contributed by atoms with E-state index < -0.39 is 52.5 Å². The molecule has 4 aromatic rings. The maximum Gasteiger partial charge on any atom is 0.410 e. The molecular weight excluding hydrogens is 875 g/mol. The molecule has 15 nitrogen and oxygen atoms in total. The number of hydrazine groups is 1. The van der Waals surface area contributed by atoms with Crippen LogP contribution in [0, 0.1) is 16.7 Å². The number of amides is 4. The Morgan fingerprint density at radius 2 is 1.74 bits per heavy atom. The second-order valence-corrected chi connectivity index (χ2v) is 21.7. The fourth-order valence-electron chi connectivity index (χ4n) is 10.9. The van der Waals surface area contributed by atoms with Crippen molar-refractivity contribution in [3.8, 4) is 22.4 Å². The van der Waals surface area contributed by atoms with E-state index in [9.17, 15) is 24.0 Å². The largest absolute Gasteiger partial charge is 0.464 e. The van der Waals surface area contributed by atoms with E-state index in [-0.39, 0.29) is 43.4 Å². The molecule has 5 atom stereocenters. The number of nitrogens with zero attached hydrogens (tertiary/aromatic N) is 5. The van der Waals surface area contributed by atoms with Gasteiger partial charge in [0.05, 0.1) is 29.5 Å². The molecular formula is C54H71N7O8. The van der Waals surface area contributed by atoms with Gasteiger partial charge in [-0.3, -0.25) is 29.2 Å². The van der Waals surface area contributed by atoms with Crippen molar-refractivity contribution in [2.24, 2.45) is 16.7 Å². The lowest BCUT2D eigenvalue weighted by atomic mass is 9.84. The number of benzene rings is 2. The van der Waals surface area contributed by atoms with Crippen LogP contribution in [-0.2, 0) is 52.8 Å². The van der Waals surface area contributed by atoms with Gasteiger partial charge >= 0.3 is 12.1 Å². The highest BCUT2D eigenvalue weighted by Crippen LogP contribution is 2.44. The number of nitrogens with one attached hydrogen (secondary N) is 2. The number of carbonyl (C=O) groups excluding carboxylic acids is 5. The van der Waals surface area contributed by atoms with Crippen molar-refractivity contribution >= 4 is 40.7 Å². The van der Waals surface area contributed by atoms with Gasteiger partial charge in [-0.15, -0.1) is 0 Å². The molecule has 6 heterocycles. The molecule has 4 aliphatic rings. The third kappa shape index (κ3) is 10.1. The summed E-state index contributed by atoms with van der Waals surface area (Å²) >= 11 is 0. The van der Waals surface area contributed by atoms with E-state index in [1.807, 2.05) is 59.7 Å². The minimum atomic E-state index is -1.05. The zero-order valence-corrected chi connectivity index (χ0v) is 42.1. The van der Waals surface area contributed by atoms with Crippen molar-refractivity contribution in [2.45, 2.75) is 137 Å². The average Bonchev–Trinajstić information content (AvgIpc) is 3.99. The summed E-state index contributed by atoms with van der Waals surface area (Å²) in [5, 5.41) is 5.65. The van der Waals surface area contributed by atoms with Gasteiger partial charge in [0.1, 0.15) is 23.7 Å². The van der Waals surface area contributed by atoms with Crippen LogP contribution in [-0.4, -0.2) is 118 Å². The Balaban J connectivity index is 1.16. The number of rotatable bonds is 8. The molecule has 2 N–H and O–H groups in total. The summed E-state index contributed by atoms with van der Waals surface area (Å²) in [7, 11) is 1.69. The first kappa shape index (κ1) is 49.6. The number of pyridine rings is 1. The first-order valence-electron chi connectivity index (χ1n) is 24.8. The number of aromatic nitrogens is 2. The van der Waals surface area contributed by atoms with E-state index in [0.29, 0.717) is 58.3 Å². The zero-order chi connectivity index (χ0) is 49.6. The molecule has 15 heteroatoms. The summed E-state index contributed by atoms with van der Waals surface area (Å²) in [6.07, 6.45) is 3.83. The van der Waals surface area contributed by atoms with Crippen molar-refractivity contribution in [1.82, 2.24) is 35.1 Å². The molecule has 1 spiro atoms. The molecule has 0 unspecified atom stereocenters. The number of fused-ring (bicyclic) bond motifs is 6. The standard InChI is InChI=1S/C54H71N7O8/c1-11-59-43-20-19-37-29-39(43)40(46(59)38-17-13-23-55-44(38)34(4)67-10)30-53(8,9)32-68-49(64)41-18-14-24-61(57-41)48(63)42(28-35-15-12-16-36(37)27-35)56-47(62)45(33(2)3)60-26-22-54(50(60)65)21-25-58(31-54)51(66)69-52(5,6)7/h12-13,15-17,19-20,23,27,29,33-34,41-42,45,57H,11,14,18,21-22,24-26,28,30-32H2,1-10H3,(H,56,62)/t34-,41-,42-,45-,54-/m0/s1. The molecule has 0 saturated carbocycles. The van der Waals surface area contributed by atoms with Crippen LogP contribution in [0.4, 0.5) is 4.79 Å². The smallest absolute Gasteiger partial charge is 0.410 e. The van der Waals surface area contributed by atoms with Crippen molar-refractivity contribution in [1.29, 1.82) is 0 Å². The van der Waals surface area contributed by atoms with Gasteiger partial charge in [0, 0.05) is 74.3 Å². The van der Waals surface area contributed by atoms with Gasteiger partial charge in [-0.1, -0.05) is 58.0 Å². The van der Waals surface area contributed by atoms with Crippen molar-refractivity contribution in [3.05, 3.63) is 77.6 Å². The Morgan fingerprint density at radius 1 is 0.986 bits per heavy atom. The van der Waals surface area contributed by atoms with Gasteiger partial charge in [-0.05, 0) is 119 Å². The SMILES string of the molecule is CCn1c(-c2cccnc2[C@H](C)OC)c2c3cc(ccc31)-c1cccc(c1)C[C@H](NC(=O)[C@H](C(C)C)N1CC[C@]3(CCN(C(=O)OC(C)(C)C)C3)C1=O)C(=O)N1CCC[C@H](N1)C(=O)OCC(C)(C)C2. The highest BCUT2D eigenvalue weighted by molar-refractivity contribution is 5.97. The molecule has 6 bridgehead atoms. The molecule has 2 aromatic heterocycles. The number of hydrogen-bond donors (Lipinski definition) is 2. The molecule has 8 rings (SSSR count). The van der Waals surface area contributed by atoms with Crippen LogP contribution >= 0.6 is 0 Å². The molecule has 4 aliphatic heterocycles. The van der Waals surface area contributed by atoms with E-state index in [1.165, 1.54) is 5.01 Å². The number of cyclic esters (lactones) is 1. The molecule has 3 saturated heterocycles. The van der Waals surface area contributed by atoms with E-state index >= 15 is 0 Å². The Kier molecular flexibility index (Phi) is 14.0. The third-order valence-electron chi connectivity index (χ3n) is 14.4. The normalized spacial score (nSPS) is 23.1. The van der Waals surface area contributed by atoms with Crippen molar-refractivity contribution in [3.63, 3.8) is 0 Å². The van der Waals surface area contributed by atoms with Crippen molar-refractivity contribution < 1.29 is 38.2 Å². The van der Waals surface area contributed by atoms with Crippen LogP contribution in [0.1, 0.15) is 111 Å². The van der Waals surface area contributed by atoms with E-state index in [4.69, 9.17) is 19.2 Å². The quantitative estimate of drug-likeness (QED) is 0.168. The van der Waals surface area contributed by atoms with Gasteiger partial charge in [0.15, 0.2) is 0 Å². The Labute approximate surface area is 406 Å². The Morgan fingerprint density at radius 3 is 2.46 bits per heavy atom. The zero-order valence-electron chi connectivity index (χ0n) is 42.1. The molecule has 4 amide bonds. The second-order valence-electron chi connectivity index (χ2n) is 21.7. The number of ether oxygens (including phenoxy) is 3. The molecule has 0 radical (unpaired) electrons. The van der Waals surface area contributed by atoms with Gasteiger partial charge in [0.2, 0.25) is 11.8 Å². The number of carbonyl (C=O) groups is 5. The summed E-state index contributed by atoms with van der Waals surface area (Å²) in [6.45, 7) is 19.7. The lowest BCUT2D eigenvalue weighted by Gasteiger charge is -2.37. The molecule has 0 aliphatic carbocycles. The van der Waals surface area contributed by atoms with Gasteiger partial charge in [-0.2, -0.15) is 0 Å². The van der Waals surface area contributed by atoms with Crippen LogP contribution in [0.3, 0.4) is 0 Å². The van der Waals surface area contributed by atoms with E-state index in [0.717, 1.165) is 50.1 Å². The molecule has 69 heavy (non-hydrogen) atoms. The third-order valence-corrected chi connectivity index (χ3v) is 14.4. The molecule has 3 fully saturated rings. The fraction of sp³-hybridized carbons (Fsp3) is 0.556.